The number of nitrogens with two attached hydrogens (primary N) is 1. The highest BCUT2D eigenvalue weighted by atomic mass is 32.2. The Morgan fingerprint density at radius 1 is 1.44 bits per heavy atom. The Bertz CT molecular complexity index is 341. The summed E-state index contributed by atoms with van der Waals surface area (Å²) in [6.45, 7) is 6.51. The Labute approximate surface area is 101 Å². The van der Waals surface area contributed by atoms with Crippen LogP contribution in [-0.2, 0) is 0 Å². The summed E-state index contributed by atoms with van der Waals surface area (Å²) < 4.78 is 5.39. The van der Waals surface area contributed by atoms with Crippen molar-refractivity contribution < 1.29 is 4.42 Å². The molecule has 2 N–H and O–H groups in total. The lowest BCUT2D eigenvalue weighted by Gasteiger charge is -2.36. The van der Waals surface area contributed by atoms with Crippen LogP contribution in [0.3, 0.4) is 0 Å². The Morgan fingerprint density at radius 3 is 2.75 bits per heavy atom. The average molecular weight is 240 g/mol. The first-order valence-electron chi connectivity index (χ1n) is 5.90. The Kier molecular flexibility index (Phi) is 3.60. The molecule has 0 saturated heterocycles. The zero-order chi connectivity index (χ0) is 11.7. The minimum Gasteiger partial charge on any atom is -0.440 e. The molecule has 4 heteroatoms. The van der Waals surface area contributed by atoms with Gasteiger partial charge in [-0.3, -0.25) is 0 Å². The monoisotopic (exact) mass is 240 g/mol. The molecule has 0 amide bonds. The van der Waals surface area contributed by atoms with Crippen LogP contribution < -0.4 is 5.73 Å². The number of hydrogen-bond acceptors (Lipinski definition) is 4. The van der Waals surface area contributed by atoms with Gasteiger partial charge in [-0.15, -0.1) is 0 Å². The number of thioether (sulfide) groups is 1. The van der Waals surface area contributed by atoms with E-state index in [1.807, 2.05) is 6.92 Å². The normalized spacial score (nSPS) is 35.2. The van der Waals surface area contributed by atoms with Crippen molar-refractivity contribution in [1.29, 1.82) is 0 Å². The van der Waals surface area contributed by atoms with Crippen molar-refractivity contribution in [2.75, 3.05) is 0 Å². The van der Waals surface area contributed by atoms with Gasteiger partial charge in [-0.05, 0) is 31.6 Å². The van der Waals surface area contributed by atoms with E-state index in [9.17, 15) is 0 Å². The van der Waals surface area contributed by atoms with E-state index in [2.05, 4.69) is 18.8 Å². The number of aromatic nitrogens is 1. The second kappa shape index (κ2) is 4.80. The fourth-order valence-electron chi connectivity index (χ4n) is 2.59. The smallest absolute Gasteiger partial charge is 0.256 e. The number of hydrogen-bond donors (Lipinski definition) is 1. The first kappa shape index (κ1) is 12.0. The topological polar surface area (TPSA) is 52.0 Å². The molecule has 16 heavy (non-hydrogen) atoms. The number of rotatable bonds is 2. The summed E-state index contributed by atoms with van der Waals surface area (Å²) in [7, 11) is 0. The third-order valence-corrected chi connectivity index (χ3v) is 4.74. The highest BCUT2D eigenvalue weighted by Crippen LogP contribution is 2.38. The van der Waals surface area contributed by atoms with Gasteiger partial charge in [0.25, 0.3) is 5.22 Å². The molecular weight excluding hydrogens is 220 g/mol. The summed E-state index contributed by atoms with van der Waals surface area (Å²) >= 11 is 1.70. The molecular formula is C12H20N2OS. The maximum absolute atomic E-state index is 6.22. The molecule has 0 spiro atoms. The van der Waals surface area contributed by atoms with Gasteiger partial charge in [0.05, 0.1) is 5.69 Å². The highest BCUT2D eigenvalue weighted by Gasteiger charge is 2.33. The molecule has 1 fully saturated rings. The molecule has 1 saturated carbocycles. The lowest BCUT2D eigenvalue weighted by Crippen LogP contribution is -2.42. The number of nitrogens with zero attached hydrogens (tertiary/aromatic N) is 1. The first-order chi connectivity index (χ1) is 7.56. The van der Waals surface area contributed by atoms with Gasteiger partial charge in [0.2, 0.25) is 0 Å². The van der Waals surface area contributed by atoms with Crippen molar-refractivity contribution in [3.63, 3.8) is 0 Å². The Balaban J connectivity index is 2.03. The summed E-state index contributed by atoms with van der Waals surface area (Å²) in [6, 6.07) is 0.260. The van der Waals surface area contributed by atoms with E-state index < -0.39 is 0 Å². The van der Waals surface area contributed by atoms with Crippen LogP contribution in [0.15, 0.2) is 15.9 Å². The minimum absolute atomic E-state index is 0.260. The van der Waals surface area contributed by atoms with Gasteiger partial charge in [0.15, 0.2) is 0 Å². The van der Waals surface area contributed by atoms with Crippen LogP contribution in [0.5, 0.6) is 0 Å². The van der Waals surface area contributed by atoms with Crippen molar-refractivity contribution in [3.05, 3.63) is 12.0 Å². The van der Waals surface area contributed by atoms with Crippen LogP contribution >= 0.6 is 11.8 Å². The van der Waals surface area contributed by atoms with Gasteiger partial charge in [-0.2, -0.15) is 0 Å². The summed E-state index contributed by atoms with van der Waals surface area (Å²) in [5.41, 5.74) is 7.16. The lowest BCUT2D eigenvalue weighted by molar-refractivity contribution is 0.277. The molecule has 1 heterocycles. The Hall–Kier alpha value is -0.480. The van der Waals surface area contributed by atoms with Crippen molar-refractivity contribution in [2.24, 2.45) is 17.6 Å². The van der Waals surface area contributed by atoms with Crippen molar-refractivity contribution in [1.82, 2.24) is 4.98 Å². The molecule has 0 radical (unpaired) electrons. The number of aryl methyl sites for hydroxylation is 1. The van der Waals surface area contributed by atoms with Gasteiger partial charge in [0.1, 0.15) is 6.26 Å². The largest absolute Gasteiger partial charge is 0.440 e. The fourth-order valence-corrected chi connectivity index (χ4v) is 3.75. The van der Waals surface area contributed by atoms with Gasteiger partial charge < -0.3 is 10.2 Å². The van der Waals surface area contributed by atoms with Crippen molar-refractivity contribution in [2.45, 2.75) is 50.1 Å². The van der Waals surface area contributed by atoms with Crippen LogP contribution in [0.25, 0.3) is 0 Å². The molecule has 1 aromatic rings. The van der Waals surface area contributed by atoms with Crippen molar-refractivity contribution in [3.8, 4) is 0 Å². The van der Waals surface area contributed by atoms with Gasteiger partial charge >= 0.3 is 0 Å². The molecule has 4 unspecified atom stereocenters. The highest BCUT2D eigenvalue weighted by molar-refractivity contribution is 7.99. The van der Waals surface area contributed by atoms with E-state index in [0.29, 0.717) is 11.2 Å². The molecule has 1 aliphatic carbocycles. The van der Waals surface area contributed by atoms with Crippen LogP contribution in [-0.4, -0.2) is 16.3 Å². The van der Waals surface area contributed by atoms with Gasteiger partial charge in [0, 0.05) is 11.3 Å². The van der Waals surface area contributed by atoms with E-state index in [0.717, 1.165) is 23.3 Å². The van der Waals surface area contributed by atoms with Gasteiger partial charge in [-0.1, -0.05) is 25.6 Å². The quantitative estimate of drug-likeness (QED) is 0.863. The maximum Gasteiger partial charge on any atom is 0.256 e. The summed E-state index contributed by atoms with van der Waals surface area (Å²) in [4.78, 5) is 4.33. The molecule has 2 rings (SSSR count). The predicted molar refractivity (Wildman–Crippen MR) is 66.4 cm³/mol. The molecule has 0 aromatic carbocycles. The second-order valence-electron chi connectivity index (χ2n) is 5.05. The molecule has 0 bridgehead atoms. The van der Waals surface area contributed by atoms with Crippen molar-refractivity contribution >= 4 is 11.8 Å². The van der Waals surface area contributed by atoms with E-state index in [1.54, 1.807) is 18.0 Å². The maximum atomic E-state index is 6.22. The van der Waals surface area contributed by atoms with E-state index in [4.69, 9.17) is 10.2 Å². The standard InChI is InChI=1S/C12H20N2OS/c1-7-4-8(2)11(10(13)5-7)16-12-14-9(3)6-15-12/h6-8,10-11H,4-5,13H2,1-3H3. The fraction of sp³-hybridized carbons (Fsp3) is 0.750. The summed E-state index contributed by atoms with van der Waals surface area (Å²) in [5, 5.41) is 1.20. The van der Waals surface area contributed by atoms with E-state index in [1.165, 1.54) is 6.42 Å². The minimum atomic E-state index is 0.260. The molecule has 3 nitrogen and oxygen atoms in total. The van der Waals surface area contributed by atoms with E-state index >= 15 is 0 Å². The van der Waals surface area contributed by atoms with E-state index in [-0.39, 0.29) is 6.04 Å². The summed E-state index contributed by atoms with van der Waals surface area (Å²) in [6.07, 6.45) is 4.07. The third kappa shape index (κ3) is 2.61. The zero-order valence-electron chi connectivity index (χ0n) is 10.1. The second-order valence-corrected chi connectivity index (χ2v) is 6.18. The number of oxazole rings is 1. The predicted octanol–water partition coefficient (Wildman–Crippen LogP) is 2.84. The third-order valence-electron chi connectivity index (χ3n) is 3.27. The Morgan fingerprint density at radius 2 is 2.19 bits per heavy atom. The SMILES string of the molecule is Cc1coc(SC2C(C)CC(C)CC2N)n1. The summed E-state index contributed by atoms with van der Waals surface area (Å²) in [5.74, 6) is 1.38. The molecule has 1 aliphatic rings. The lowest BCUT2D eigenvalue weighted by atomic mass is 9.80. The van der Waals surface area contributed by atoms with Crippen LogP contribution in [0.1, 0.15) is 32.4 Å². The average Bonchev–Trinajstić information content (AvgIpc) is 2.58. The van der Waals surface area contributed by atoms with Crippen LogP contribution in [0, 0.1) is 18.8 Å². The molecule has 90 valence electrons. The first-order valence-corrected chi connectivity index (χ1v) is 6.78. The zero-order valence-corrected chi connectivity index (χ0v) is 11.0. The molecule has 0 aliphatic heterocycles. The molecule has 1 aromatic heterocycles. The van der Waals surface area contributed by atoms with Crippen LogP contribution in [0.4, 0.5) is 0 Å². The van der Waals surface area contributed by atoms with Gasteiger partial charge in [-0.25, -0.2) is 4.98 Å². The molecule has 4 atom stereocenters. The van der Waals surface area contributed by atoms with Crippen LogP contribution in [0.2, 0.25) is 0 Å².